The molecule has 0 atom stereocenters. The minimum atomic E-state index is 0.836. The molecule has 50 heavy (non-hydrogen) atoms. The van der Waals surface area contributed by atoms with E-state index in [0.717, 1.165) is 88.4 Å². The van der Waals surface area contributed by atoms with Crippen molar-refractivity contribution in [3.63, 3.8) is 0 Å². The van der Waals surface area contributed by atoms with E-state index in [1.807, 2.05) is 12.1 Å². The van der Waals surface area contributed by atoms with Crippen molar-refractivity contribution in [1.29, 1.82) is 0 Å². The fourth-order valence-electron chi connectivity index (χ4n) is 8.05. The summed E-state index contributed by atoms with van der Waals surface area (Å²) >= 11 is 0. The zero-order valence-corrected chi connectivity index (χ0v) is 26.9. The van der Waals surface area contributed by atoms with Crippen molar-refractivity contribution < 1.29 is 8.83 Å². The molecule has 0 aliphatic carbocycles. The quantitative estimate of drug-likeness (QED) is 0.192. The summed E-state index contributed by atoms with van der Waals surface area (Å²) in [6, 6.07) is 60.0. The van der Waals surface area contributed by atoms with Gasteiger partial charge in [-0.25, -0.2) is 0 Å². The maximum absolute atomic E-state index is 7.02. The monoisotopic (exact) mass is 640 g/mol. The molecule has 11 rings (SSSR count). The number of anilines is 3. The number of rotatable bonds is 4. The standard InChI is InChI=1S/C46H28N2O2/c1-2-14-30(15-3-1)47-37-21-8-6-17-32(37)33-19-10-23-39(44(33)47)48(38-22-12-26-42-43(38)36-18-7-9-25-41(36)49-42)40-24-11-20-34-35-28-27-29-13-4-5-16-31(29)45(35)50-46(34)40/h1-28H. The molecular formula is C46H28N2O2. The largest absolute Gasteiger partial charge is 0.456 e. The Hall–Kier alpha value is -6.78. The third kappa shape index (κ3) is 3.76. The van der Waals surface area contributed by atoms with Gasteiger partial charge in [0.05, 0.1) is 33.5 Å². The Balaban J connectivity index is 1.32. The zero-order valence-electron chi connectivity index (χ0n) is 26.9. The Morgan fingerprint density at radius 3 is 1.92 bits per heavy atom. The van der Waals surface area contributed by atoms with Gasteiger partial charge in [-0.2, -0.15) is 0 Å². The number of hydrogen-bond donors (Lipinski definition) is 0. The lowest BCUT2D eigenvalue weighted by Gasteiger charge is -2.27. The predicted octanol–water partition coefficient (Wildman–Crippen LogP) is 13.2. The number of aromatic nitrogens is 1. The number of fused-ring (bicyclic) bond motifs is 11. The van der Waals surface area contributed by atoms with Crippen LogP contribution in [0.25, 0.3) is 82.1 Å². The normalized spacial score (nSPS) is 12.0. The van der Waals surface area contributed by atoms with Crippen LogP contribution in [0, 0.1) is 0 Å². The first-order valence-corrected chi connectivity index (χ1v) is 16.9. The smallest absolute Gasteiger partial charge is 0.159 e. The zero-order chi connectivity index (χ0) is 32.8. The average Bonchev–Trinajstić information content (AvgIpc) is 3.86. The Kier molecular flexibility index (Phi) is 5.63. The fraction of sp³-hybridized carbons (Fsp3) is 0. The van der Waals surface area contributed by atoms with E-state index < -0.39 is 0 Å². The van der Waals surface area contributed by atoms with E-state index in [2.05, 4.69) is 167 Å². The lowest BCUT2D eigenvalue weighted by molar-refractivity contribution is 0.668. The first kappa shape index (κ1) is 27.2. The molecule has 0 unspecified atom stereocenters. The van der Waals surface area contributed by atoms with Gasteiger partial charge in [-0.05, 0) is 60.0 Å². The van der Waals surface area contributed by atoms with Crippen molar-refractivity contribution in [2.45, 2.75) is 0 Å². The molecule has 234 valence electrons. The van der Waals surface area contributed by atoms with Crippen LogP contribution in [0.2, 0.25) is 0 Å². The van der Waals surface area contributed by atoms with Crippen LogP contribution < -0.4 is 4.90 Å². The lowest BCUT2D eigenvalue weighted by Crippen LogP contribution is -2.12. The SMILES string of the molecule is c1ccc(-n2c3ccccc3c3cccc(N(c4cccc5c4oc4c6ccccc6ccc54)c4cccc5oc6ccccc6c45)c32)cc1. The van der Waals surface area contributed by atoms with Gasteiger partial charge in [0.25, 0.3) is 0 Å². The highest BCUT2D eigenvalue weighted by Gasteiger charge is 2.27. The van der Waals surface area contributed by atoms with E-state index in [1.165, 1.54) is 10.8 Å². The number of hydrogen-bond acceptors (Lipinski definition) is 3. The summed E-state index contributed by atoms with van der Waals surface area (Å²) < 4.78 is 15.9. The number of furan rings is 2. The van der Waals surface area contributed by atoms with Crippen molar-refractivity contribution in [2.24, 2.45) is 0 Å². The van der Waals surface area contributed by atoms with Crippen LogP contribution in [0.5, 0.6) is 0 Å². The van der Waals surface area contributed by atoms with Gasteiger partial charge in [0, 0.05) is 38.0 Å². The summed E-state index contributed by atoms with van der Waals surface area (Å²) in [4.78, 5) is 2.39. The summed E-state index contributed by atoms with van der Waals surface area (Å²) in [5.74, 6) is 0. The van der Waals surface area contributed by atoms with Crippen LogP contribution in [0.4, 0.5) is 17.1 Å². The van der Waals surface area contributed by atoms with Crippen LogP contribution in [-0.4, -0.2) is 4.57 Å². The highest BCUT2D eigenvalue weighted by atomic mass is 16.3. The van der Waals surface area contributed by atoms with Gasteiger partial charge >= 0.3 is 0 Å². The van der Waals surface area contributed by atoms with E-state index in [1.54, 1.807) is 0 Å². The molecule has 0 aliphatic rings. The van der Waals surface area contributed by atoms with Gasteiger partial charge in [-0.1, -0.05) is 115 Å². The van der Waals surface area contributed by atoms with Crippen LogP contribution >= 0.6 is 0 Å². The Morgan fingerprint density at radius 1 is 0.380 bits per heavy atom. The van der Waals surface area contributed by atoms with Crippen LogP contribution in [0.1, 0.15) is 0 Å². The van der Waals surface area contributed by atoms with Crippen LogP contribution in [0.3, 0.4) is 0 Å². The lowest BCUT2D eigenvalue weighted by atomic mass is 10.0. The molecule has 3 heterocycles. The summed E-state index contributed by atoms with van der Waals surface area (Å²) in [5.41, 5.74) is 9.82. The van der Waals surface area contributed by atoms with Gasteiger partial charge in [-0.3, -0.25) is 0 Å². The maximum Gasteiger partial charge on any atom is 0.159 e. The molecule has 0 amide bonds. The number of benzene rings is 8. The summed E-state index contributed by atoms with van der Waals surface area (Å²) in [6.07, 6.45) is 0. The minimum Gasteiger partial charge on any atom is -0.456 e. The number of nitrogens with zero attached hydrogens (tertiary/aromatic N) is 2. The Morgan fingerprint density at radius 2 is 1.02 bits per heavy atom. The second kappa shape index (κ2) is 10.4. The third-order valence-electron chi connectivity index (χ3n) is 10.2. The first-order valence-electron chi connectivity index (χ1n) is 16.9. The molecule has 8 aromatic carbocycles. The molecule has 11 aromatic rings. The van der Waals surface area contributed by atoms with Crippen molar-refractivity contribution in [2.75, 3.05) is 4.90 Å². The summed E-state index contributed by atoms with van der Waals surface area (Å²) in [7, 11) is 0. The van der Waals surface area contributed by atoms with Crippen molar-refractivity contribution in [3.05, 3.63) is 170 Å². The van der Waals surface area contributed by atoms with Crippen molar-refractivity contribution >= 4 is 93.5 Å². The molecule has 0 radical (unpaired) electrons. The summed E-state index contributed by atoms with van der Waals surface area (Å²) in [6.45, 7) is 0. The number of para-hydroxylation sites is 5. The minimum absolute atomic E-state index is 0.836. The molecule has 4 nitrogen and oxygen atoms in total. The molecule has 0 saturated heterocycles. The topological polar surface area (TPSA) is 34.5 Å². The Labute approximate surface area is 286 Å². The second-order valence-electron chi connectivity index (χ2n) is 12.9. The van der Waals surface area contributed by atoms with E-state index in [0.29, 0.717) is 0 Å². The molecule has 0 spiro atoms. The highest BCUT2D eigenvalue weighted by molar-refractivity contribution is 6.21. The first-order chi connectivity index (χ1) is 24.8. The van der Waals surface area contributed by atoms with E-state index in [4.69, 9.17) is 8.83 Å². The molecular weight excluding hydrogens is 613 g/mol. The van der Waals surface area contributed by atoms with Gasteiger partial charge < -0.3 is 18.3 Å². The van der Waals surface area contributed by atoms with Crippen molar-refractivity contribution in [3.8, 4) is 5.69 Å². The molecule has 0 saturated carbocycles. The summed E-state index contributed by atoms with van der Waals surface area (Å²) in [5, 5.41) is 8.95. The Bertz CT molecular complexity index is 3110. The van der Waals surface area contributed by atoms with E-state index in [9.17, 15) is 0 Å². The molecule has 3 aromatic heterocycles. The van der Waals surface area contributed by atoms with Gasteiger partial charge in [0.2, 0.25) is 0 Å². The van der Waals surface area contributed by atoms with Gasteiger partial charge in [0.15, 0.2) is 5.58 Å². The van der Waals surface area contributed by atoms with Gasteiger partial charge in [0.1, 0.15) is 16.7 Å². The average molecular weight is 641 g/mol. The molecule has 0 N–H and O–H groups in total. The molecule has 0 fully saturated rings. The molecule has 4 heteroatoms. The molecule has 0 bridgehead atoms. The third-order valence-corrected chi connectivity index (χ3v) is 10.2. The van der Waals surface area contributed by atoms with Gasteiger partial charge in [-0.15, -0.1) is 0 Å². The highest BCUT2D eigenvalue weighted by Crippen LogP contribution is 2.49. The van der Waals surface area contributed by atoms with E-state index in [-0.39, 0.29) is 0 Å². The van der Waals surface area contributed by atoms with Crippen LogP contribution in [0.15, 0.2) is 179 Å². The molecule has 0 aliphatic heterocycles. The van der Waals surface area contributed by atoms with Crippen LogP contribution in [-0.2, 0) is 0 Å². The van der Waals surface area contributed by atoms with E-state index >= 15 is 0 Å². The maximum atomic E-state index is 7.02. The predicted molar refractivity (Wildman–Crippen MR) is 208 cm³/mol. The second-order valence-corrected chi connectivity index (χ2v) is 12.9. The fourth-order valence-corrected chi connectivity index (χ4v) is 8.05. The van der Waals surface area contributed by atoms with Crippen molar-refractivity contribution in [1.82, 2.24) is 4.57 Å².